The number of hydrogen-bond donors (Lipinski definition) is 1. The topological polar surface area (TPSA) is 29.5 Å². The van der Waals surface area contributed by atoms with Crippen LogP contribution in [-0.4, -0.2) is 37.5 Å². The lowest BCUT2D eigenvalue weighted by Crippen LogP contribution is -2.08. The van der Waals surface area contributed by atoms with Crippen molar-refractivity contribution in [3.8, 4) is 0 Å². The van der Waals surface area contributed by atoms with Crippen LogP contribution in [0.15, 0.2) is 0 Å². The quantitative estimate of drug-likeness (QED) is 0.471. The van der Waals surface area contributed by atoms with E-state index in [-0.39, 0.29) is 6.42 Å². The van der Waals surface area contributed by atoms with Crippen LogP contribution in [0.4, 0.5) is 26.3 Å². The summed E-state index contributed by atoms with van der Waals surface area (Å²) in [6.07, 6.45) is -5.94. The molecule has 0 aliphatic rings. The van der Waals surface area contributed by atoms with E-state index in [1.54, 1.807) is 0 Å². The first-order valence-corrected chi connectivity index (χ1v) is 4.31. The van der Waals surface area contributed by atoms with Crippen LogP contribution < -0.4 is 0 Å². The molecule has 0 aliphatic carbocycles. The maximum Gasteiger partial charge on any atom is 0.416 e. The summed E-state index contributed by atoms with van der Waals surface area (Å²) in [5.74, 6) is 0. The number of aliphatic hydroxyl groups is 1. The summed E-state index contributed by atoms with van der Waals surface area (Å²) >= 11 is 0. The van der Waals surface area contributed by atoms with E-state index in [0.29, 0.717) is 0 Å². The molecule has 1 N–H and O–H groups in total. The molecule has 0 heterocycles. The number of ether oxygens (including phenoxy) is 1. The minimum Gasteiger partial charge on any atom is -0.368 e. The van der Waals surface area contributed by atoms with Crippen LogP contribution in [0.25, 0.3) is 0 Å². The lowest BCUT2D eigenvalue weighted by Gasteiger charge is -1.97. The summed E-state index contributed by atoms with van der Waals surface area (Å²) in [5, 5.41) is 8.09. The summed E-state index contributed by atoms with van der Waals surface area (Å²) < 4.78 is 66.7. The van der Waals surface area contributed by atoms with Crippen LogP contribution >= 0.6 is 9.24 Å². The van der Waals surface area contributed by atoms with E-state index in [0.717, 1.165) is 0 Å². The zero-order chi connectivity index (χ0) is 12.9. The van der Waals surface area contributed by atoms with Crippen molar-refractivity contribution in [1.29, 1.82) is 0 Å². The van der Waals surface area contributed by atoms with Crippen molar-refractivity contribution in [1.82, 2.24) is 0 Å². The average Bonchev–Trinajstić information content (AvgIpc) is 2.05. The van der Waals surface area contributed by atoms with E-state index < -0.39 is 26.0 Å². The van der Waals surface area contributed by atoms with Crippen LogP contribution in [0.2, 0.25) is 0 Å². The number of halogens is 6. The van der Waals surface area contributed by atoms with Crippen LogP contribution in [0.3, 0.4) is 0 Å². The van der Waals surface area contributed by atoms with E-state index in [4.69, 9.17) is 5.11 Å². The van der Waals surface area contributed by atoms with Gasteiger partial charge in [0.05, 0.1) is 0 Å². The molecular weight excluding hydrogens is 249 g/mol. The number of rotatable bonds is 2. The minimum absolute atomic E-state index is 0.333. The van der Waals surface area contributed by atoms with Crippen molar-refractivity contribution >= 4 is 9.24 Å². The molecule has 0 aromatic heterocycles. The van der Waals surface area contributed by atoms with E-state index in [2.05, 4.69) is 4.74 Å². The standard InChI is InChI=1S/C3H7FO2.C2H2F4.CH4FP/c1-3(5)6-2-4;3-1-2(4,5)6;2-1-3/h3,5H,2H2,1H3;1H2;1,3H2. The monoisotopic (exact) mass is 262 g/mol. The summed E-state index contributed by atoms with van der Waals surface area (Å²) in [6, 6.07) is 0. The second kappa shape index (κ2) is 13.9. The van der Waals surface area contributed by atoms with Gasteiger partial charge in [0, 0.05) is 0 Å². The van der Waals surface area contributed by atoms with E-state index in [1.165, 1.54) is 6.92 Å². The van der Waals surface area contributed by atoms with Gasteiger partial charge in [-0.25, -0.2) is 13.2 Å². The van der Waals surface area contributed by atoms with Gasteiger partial charge >= 0.3 is 6.18 Å². The maximum atomic E-state index is 10.9. The number of aliphatic hydroxyl groups excluding tert-OH is 1. The summed E-state index contributed by atoms with van der Waals surface area (Å²) in [6.45, 7) is -1.80. The Kier molecular flexibility index (Phi) is 18.9. The second-order valence-electron chi connectivity index (χ2n) is 1.78. The third-order valence-corrected chi connectivity index (χ3v) is 0.456. The Morgan fingerprint density at radius 1 is 1.27 bits per heavy atom. The van der Waals surface area contributed by atoms with Gasteiger partial charge < -0.3 is 9.84 Å². The molecule has 96 valence electrons. The normalized spacial score (nSPS) is 11.8. The van der Waals surface area contributed by atoms with Gasteiger partial charge in [0.1, 0.15) is 6.42 Å². The Bertz CT molecular complexity index is 110. The van der Waals surface area contributed by atoms with Gasteiger partial charge in [0.15, 0.2) is 19.8 Å². The van der Waals surface area contributed by atoms with Crippen molar-refractivity contribution in [3.63, 3.8) is 0 Å². The highest BCUT2D eigenvalue weighted by atomic mass is 31.0. The van der Waals surface area contributed by atoms with Gasteiger partial charge in [-0.3, -0.25) is 0 Å². The lowest BCUT2D eigenvalue weighted by atomic mass is 10.8. The predicted octanol–water partition coefficient (Wildman–Crippen LogP) is 2.58. The molecular formula is C6H13F6O2P. The van der Waals surface area contributed by atoms with Gasteiger partial charge in [-0.2, -0.15) is 13.2 Å². The Morgan fingerprint density at radius 3 is 1.53 bits per heavy atom. The third-order valence-electron chi connectivity index (χ3n) is 0.456. The molecule has 2 nitrogen and oxygen atoms in total. The largest absolute Gasteiger partial charge is 0.416 e. The first kappa shape index (κ1) is 20.4. The van der Waals surface area contributed by atoms with E-state index >= 15 is 0 Å². The molecule has 0 aliphatic heterocycles. The molecule has 0 saturated carbocycles. The van der Waals surface area contributed by atoms with Gasteiger partial charge in [0.2, 0.25) is 0 Å². The highest BCUT2D eigenvalue weighted by Crippen LogP contribution is 2.13. The zero-order valence-electron chi connectivity index (χ0n) is 7.90. The van der Waals surface area contributed by atoms with Crippen LogP contribution in [0.5, 0.6) is 0 Å². The van der Waals surface area contributed by atoms with E-state index in [9.17, 15) is 26.3 Å². The number of hydrogen-bond acceptors (Lipinski definition) is 2. The van der Waals surface area contributed by atoms with E-state index in [1.807, 2.05) is 9.24 Å². The molecule has 0 spiro atoms. The average molecular weight is 262 g/mol. The SMILES string of the molecule is CC(O)OCF.FCC(F)(F)F.FCP. The molecule has 2 atom stereocenters. The third kappa shape index (κ3) is 56.4. The van der Waals surface area contributed by atoms with Crippen molar-refractivity contribution in [2.75, 3.05) is 20.0 Å². The van der Waals surface area contributed by atoms with Crippen LogP contribution in [0, 0.1) is 0 Å². The molecule has 0 aromatic carbocycles. The smallest absolute Gasteiger partial charge is 0.368 e. The predicted molar refractivity (Wildman–Crippen MR) is 46.5 cm³/mol. The van der Waals surface area contributed by atoms with Crippen molar-refractivity contribution in [2.45, 2.75) is 19.4 Å². The molecule has 0 saturated heterocycles. The highest BCUT2D eigenvalue weighted by Gasteiger charge is 2.26. The molecule has 0 rings (SSSR count). The zero-order valence-corrected chi connectivity index (χ0v) is 9.05. The van der Waals surface area contributed by atoms with Gasteiger partial charge in [-0.05, 0) is 6.92 Å². The Balaban J connectivity index is -0.000000153. The summed E-state index contributed by atoms with van der Waals surface area (Å²) in [7, 11) is 1.91. The molecule has 0 fully saturated rings. The summed E-state index contributed by atoms with van der Waals surface area (Å²) in [5.41, 5.74) is 0. The van der Waals surface area contributed by atoms with Gasteiger partial charge in [0.25, 0.3) is 0 Å². The Morgan fingerprint density at radius 2 is 1.53 bits per heavy atom. The molecule has 0 amide bonds. The van der Waals surface area contributed by atoms with Crippen molar-refractivity contribution < 1.29 is 36.2 Å². The first-order chi connectivity index (χ1) is 6.74. The van der Waals surface area contributed by atoms with Crippen molar-refractivity contribution in [2.24, 2.45) is 0 Å². The van der Waals surface area contributed by atoms with Crippen LogP contribution in [-0.2, 0) is 4.74 Å². The second-order valence-corrected chi connectivity index (χ2v) is 2.09. The lowest BCUT2D eigenvalue weighted by molar-refractivity contribution is -0.142. The van der Waals surface area contributed by atoms with Gasteiger partial charge in [-0.15, -0.1) is 9.24 Å². The first-order valence-electron chi connectivity index (χ1n) is 3.49. The molecule has 9 heteroatoms. The molecule has 2 unspecified atom stereocenters. The van der Waals surface area contributed by atoms with Gasteiger partial charge in [-0.1, -0.05) is 0 Å². The fraction of sp³-hybridized carbons (Fsp3) is 1.00. The summed E-state index contributed by atoms with van der Waals surface area (Å²) in [4.78, 5) is 0. The highest BCUT2D eigenvalue weighted by molar-refractivity contribution is 7.16. The van der Waals surface area contributed by atoms with Crippen molar-refractivity contribution in [3.05, 3.63) is 0 Å². The Hall–Kier alpha value is -0.0700. The minimum atomic E-state index is -4.62. The fourth-order valence-electron chi connectivity index (χ4n) is 0.0912. The fourth-order valence-corrected chi connectivity index (χ4v) is 0.0912. The molecule has 0 radical (unpaired) electrons. The molecule has 0 aromatic rings. The maximum absolute atomic E-state index is 10.9. The molecule has 15 heavy (non-hydrogen) atoms. The molecule has 0 bridgehead atoms. The number of alkyl halides is 6. The Labute approximate surface area is 85.8 Å². The van der Waals surface area contributed by atoms with Crippen LogP contribution in [0.1, 0.15) is 6.92 Å².